The van der Waals surface area contributed by atoms with Gasteiger partial charge in [-0.1, -0.05) is 0 Å². The van der Waals surface area contributed by atoms with E-state index in [1.54, 1.807) is 18.2 Å². The van der Waals surface area contributed by atoms with Crippen molar-refractivity contribution in [1.82, 2.24) is 5.32 Å². The molecule has 0 aliphatic carbocycles. The van der Waals surface area contributed by atoms with Gasteiger partial charge >= 0.3 is 0 Å². The summed E-state index contributed by atoms with van der Waals surface area (Å²) >= 11 is 0. The van der Waals surface area contributed by atoms with Crippen LogP contribution in [0.15, 0.2) is 18.2 Å². The van der Waals surface area contributed by atoms with Gasteiger partial charge in [-0.25, -0.2) is 0 Å². The molecule has 1 aromatic carbocycles. The third kappa shape index (κ3) is 3.92. The van der Waals surface area contributed by atoms with Crippen LogP contribution >= 0.6 is 0 Å². The monoisotopic (exact) mass is 251 g/mol. The Balaban J connectivity index is 2.76. The molecule has 5 N–H and O–H groups in total. The molecule has 18 heavy (non-hydrogen) atoms. The van der Waals surface area contributed by atoms with E-state index >= 15 is 0 Å². The fraction of sp³-hybridized carbons (Fsp3) is 0.462. The highest BCUT2D eigenvalue weighted by molar-refractivity contribution is 5.96. The Morgan fingerprint density at radius 2 is 2.22 bits per heavy atom. The number of carbonyl (C=O) groups is 1. The summed E-state index contributed by atoms with van der Waals surface area (Å²) in [5.74, 6) is -0.126. The molecule has 5 nitrogen and oxygen atoms in total. The molecule has 5 heteroatoms. The third-order valence-corrected chi connectivity index (χ3v) is 2.62. The summed E-state index contributed by atoms with van der Waals surface area (Å²) in [5.41, 5.74) is 7.76. The van der Waals surface area contributed by atoms with Crippen molar-refractivity contribution in [2.75, 3.05) is 24.2 Å². The number of nitrogens with two attached hydrogens (primary N) is 1. The highest BCUT2D eigenvalue weighted by atomic mass is 16.3. The number of amides is 1. The molecule has 0 aliphatic heterocycles. The maximum absolute atomic E-state index is 11.6. The van der Waals surface area contributed by atoms with Gasteiger partial charge in [0.15, 0.2) is 0 Å². The maximum atomic E-state index is 11.6. The van der Waals surface area contributed by atoms with Gasteiger partial charge in [-0.2, -0.15) is 0 Å². The number of nitrogens with one attached hydrogen (secondary N) is 2. The van der Waals surface area contributed by atoms with Crippen LogP contribution in [0.3, 0.4) is 0 Å². The zero-order chi connectivity index (χ0) is 13.5. The van der Waals surface area contributed by atoms with Crippen LogP contribution < -0.4 is 16.4 Å². The van der Waals surface area contributed by atoms with Crippen molar-refractivity contribution in [3.8, 4) is 0 Å². The van der Waals surface area contributed by atoms with Crippen molar-refractivity contribution < 1.29 is 9.90 Å². The first kappa shape index (κ1) is 14.3. The Bertz CT molecular complexity index is 407. The number of nitrogen functional groups attached to an aromatic ring is 1. The molecule has 1 aromatic rings. The molecule has 0 aliphatic rings. The molecule has 0 radical (unpaired) electrons. The first-order valence-electron chi connectivity index (χ1n) is 6.13. The second kappa shape index (κ2) is 6.86. The van der Waals surface area contributed by atoms with E-state index in [9.17, 15) is 4.79 Å². The van der Waals surface area contributed by atoms with Crippen LogP contribution in [0.1, 0.15) is 30.6 Å². The van der Waals surface area contributed by atoms with Gasteiger partial charge in [0.1, 0.15) is 0 Å². The number of hydrogen-bond donors (Lipinski definition) is 4. The molecule has 1 amide bonds. The molecular weight excluding hydrogens is 230 g/mol. The van der Waals surface area contributed by atoms with Crippen molar-refractivity contribution >= 4 is 17.3 Å². The standard InChI is InChI=1S/C13H21N3O2/c1-3-15-13(18)10-4-5-12(11(14)8-10)16-9(2)6-7-17/h4-5,8-9,16-17H,3,6-7,14H2,1-2H3,(H,15,18). The minimum atomic E-state index is -0.126. The van der Waals surface area contributed by atoms with Crippen LogP contribution in [-0.2, 0) is 0 Å². The minimum Gasteiger partial charge on any atom is -0.397 e. The van der Waals surface area contributed by atoms with E-state index in [-0.39, 0.29) is 18.6 Å². The maximum Gasteiger partial charge on any atom is 0.251 e. The number of benzene rings is 1. The van der Waals surface area contributed by atoms with Gasteiger partial charge in [0.2, 0.25) is 0 Å². The van der Waals surface area contributed by atoms with Crippen molar-refractivity contribution in [2.24, 2.45) is 0 Å². The van der Waals surface area contributed by atoms with Crippen LogP contribution in [0, 0.1) is 0 Å². The molecule has 100 valence electrons. The SMILES string of the molecule is CCNC(=O)c1ccc(NC(C)CCO)c(N)c1. The predicted molar refractivity (Wildman–Crippen MR) is 73.6 cm³/mol. The van der Waals surface area contributed by atoms with Gasteiger partial charge in [-0.3, -0.25) is 4.79 Å². The average Bonchev–Trinajstić information content (AvgIpc) is 2.32. The van der Waals surface area contributed by atoms with Crippen LogP contribution in [0.5, 0.6) is 0 Å². The van der Waals surface area contributed by atoms with Crippen molar-refractivity contribution in [3.05, 3.63) is 23.8 Å². The highest BCUT2D eigenvalue weighted by Crippen LogP contribution is 2.21. The van der Waals surface area contributed by atoms with Crippen molar-refractivity contribution in [2.45, 2.75) is 26.3 Å². The first-order chi connectivity index (χ1) is 8.58. The molecule has 0 bridgehead atoms. The van der Waals surface area contributed by atoms with E-state index in [1.165, 1.54) is 0 Å². The number of carbonyl (C=O) groups excluding carboxylic acids is 1. The average molecular weight is 251 g/mol. The van der Waals surface area contributed by atoms with Gasteiger partial charge in [-0.05, 0) is 38.5 Å². The molecule has 0 saturated carbocycles. The first-order valence-corrected chi connectivity index (χ1v) is 6.13. The van der Waals surface area contributed by atoms with E-state index in [2.05, 4.69) is 10.6 Å². The number of aliphatic hydroxyl groups is 1. The molecule has 1 rings (SSSR count). The summed E-state index contributed by atoms with van der Waals surface area (Å²) in [6, 6.07) is 5.30. The Hall–Kier alpha value is -1.75. The van der Waals surface area contributed by atoms with Gasteiger partial charge in [-0.15, -0.1) is 0 Å². The summed E-state index contributed by atoms with van der Waals surface area (Å²) in [5, 5.41) is 14.7. The fourth-order valence-electron chi connectivity index (χ4n) is 1.63. The molecule has 0 aromatic heterocycles. The topological polar surface area (TPSA) is 87.4 Å². The van der Waals surface area contributed by atoms with Crippen LogP contribution in [-0.4, -0.2) is 30.2 Å². The van der Waals surface area contributed by atoms with E-state index in [4.69, 9.17) is 10.8 Å². The van der Waals surface area contributed by atoms with E-state index in [1.807, 2.05) is 13.8 Å². The molecule has 1 atom stereocenters. The normalized spacial score (nSPS) is 11.9. The Kier molecular flexibility index (Phi) is 5.45. The summed E-state index contributed by atoms with van der Waals surface area (Å²) in [6.07, 6.45) is 0.650. The molecule has 0 heterocycles. The summed E-state index contributed by atoms with van der Waals surface area (Å²) in [6.45, 7) is 4.55. The molecule has 1 unspecified atom stereocenters. The molecular formula is C13H21N3O2. The Morgan fingerprint density at radius 3 is 2.78 bits per heavy atom. The van der Waals surface area contributed by atoms with E-state index < -0.39 is 0 Å². The van der Waals surface area contributed by atoms with Gasteiger partial charge in [0, 0.05) is 24.8 Å². The lowest BCUT2D eigenvalue weighted by molar-refractivity contribution is 0.0956. The smallest absolute Gasteiger partial charge is 0.251 e. The van der Waals surface area contributed by atoms with E-state index in [0.717, 1.165) is 5.69 Å². The summed E-state index contributed by atoms with van der Waals surface area (Å²) < 4.78 is 0. The van der Waals surface area contributed by atoms with Crippen LogP contribution in [0.2, 0.25) is 0 Å². The lowest BCUT2D eigenvalue weighted by Crippen LogP contribution is -2.23. The zero-order valence-corrected chi connectivity index (χ0v) is 10.9. The Morgan fingerprint density at radius 1 is 1.50 bits per heavy atom. The minimum absolute atomic E-state index is 0.126. The van der Waals surface area contributed by atoms with Crippen molar-refractivity contribution in [1.29, 1.82) is 0 Å². The molecule has 0 saturated heterocycles. The Labute approximate surface area is 107 Å². The van der Waals surface area contributed by atoms with Gasteiger partial charge in [0.25, 0.3) is 5.91 Å². The van der Waals surface area contributed by atoms with E-state index in [0.29, 0.717) is 24.2 Å². The second-order valence-corrected chi connectivity index (χ2v) is 4.22. The zero-order valence-electron chi connectivity index (χ0n) is 10.9. The lowest BCUT2D eigenvalue weighted by atomic mass is 10.1. The number of rotatable bonds is 6. The number of anilines is 2. The summed E-state index contributed by atoms with van der Waals surface area (Å²) in [4.78, 5) is 11.6. The lowest BCUT2D eigenvalue weighted by Gasteiger charge is -2.16. The van der Waals surface area contributed by atoms with Gasteiger partial charge < -0.3 is 21.5 Å². The number of aliphatic hydroxyl groups excluding tert-OH is 1. The molecule has 0 fully saturated rings. The largest absolute Gasteiger partial charge is 0.397 e. The quantitative estimate of drug-likeness (QED) is 0.572. The second-order valence-electron chi connectivity index (χ2n) is 4.22. The summed E-state index contributed by atoms with van der Waals surface area (Å²) in [7, 11) is 0. The number of hydrogen-bond acceptors (Lipinski definition) is 4. The highest BCUT2D eigenvalue weighted by Gasteiger charge is 2.08. The fourth-order valence-corrected chi connectivity index (χ4v) is 1.63. The van der Waals surface area contributed by atoms with Gasteiger partial charge in [0.05, 0.1) is 11.4 Å². The van der Waals surface area contributed by atoms with Crippen molar-refractivity contribution in [3.63, 3.8) is 0 Å². The third-order valence-electron chi connectivity index (χ3n) is 2.62. The van der Waals surface area contributed by atoms with Crippen LogP contribution in [0.25, 0.3) is 0 Å². The molecule has 0 spiro atoms. The van der Waals surface area contributed by atoms with Crippen LogP contribution in [0.4, 0.5) is 11.4 Å². The predicted octanol–water partition coefficient (Wildman–Crippen LogP) is 1.20.